The Hall–Kier alpha value is -1.50. The smallest absolute Gasteiger partial charge is 0.303 e. The molecule has 0 aliphatic rings. The summed E-state index contributed by atoms with van der Waals surface area (Å²) >= 11 is 0. The molecular weight excluding hydrogens is 194 g/mol. The first-order chi connectivity index (χ1) is 6.99. The average molecular weight is 211 g/mol. The third-order valence-corrected chi connectivity index (χ3v) is 2.00. The summed E-state index contributed by atoms with van der Waals surface area (Å²) in [5, 5.41) is 11.2. The van der Waals surface area contributed by atoms with Crippen LogP contribution in [-0.2, 0) is 9.59 Å². The second-order valence-corrected chi connectivity index (χ2v) is 3.60. The number of carboxylic acids is 1. The first-order valence-electron chi connectivity index (χ1n) is 4.96. The van der Waals surface area contributed by atoms with Gasteiger partial charge >= 0.3 is 5.97 Å². The minimum Gasteiger partial charge on any atom is -0.481 e. The fourth-order valence-corrected chi connectivity index (χ4v) is 1.20. The minimum absolute atomic E-state index is 0.000263. The highest BCUT2D eigenvalue weighted by molar-refractivity contribution is 5.77. The van der Waals surface area contributed by atoms with E-state index in [-0.39, 0.29) is 30.7 Å². The van der Waals surface area contributed by atoms with Crippen LogP contribution in [0.5, 0.6) is 0 Å². The molecule has 0 saturated carbocycles. The first-order valence-corrected chi connectivity index (χ1v) is 4.96. The highest BCUT2D eigenvalue weighted by Crippen LogP contribution is 2.07. The van der Waals surface area contributed by atoms with Gasteiger partial charge in [-0.15, -0.1) is 6.42 Å². The summed E-state index contributed by atoms with van der Waals surface area (Å²) in [6.45, 7) is 3.61. The number of terminal acetylenes is 1. The van der Waals surface area contributed by atoms with Crippen LogP contribution >= 0.6 is 0 Å². The SMILES string of the molecule is C#CC(CC)NC(=O)CC(C)CC(=O)O. The van der Waals surface area contributed by atoms with Gasteiger partial charge in [0, 0.05) is 12.8 Å². The standard InChI is InChI=1S/C11H17NO3/c1-4-9(5-2)12-10(13)6-8(3)7-11(14)15/h1,8-9H,5-7H2,2-3H3,(H,12,13)(H,14,15). The molecule has 0 heterocycles. The Balaban J connectivity index is 3.93. The van der Waals surface area contributed by atoms with Gasteiger partial charge in [-0.3, -0.25) is 9.59 Å². The minimum atomic E-state index is -0.890. The lowest BCUT2D eigenvalue weighted by molar-refractivity contribution is -0.138. The Morgan fingerprint density at radius 2 is 2.07 bits per heavy atom. The molecular formula is C11H17NO3. The van der Waals surface area contributed by atoms with E-state index in [2.05, 4.69) is 11.2 Å². The number of carbonyl (C=O) groups is 2. The van der Waals surface area contributed by atoms with Crippen molar-refractivity contribution < 1.29 is 14.7 Å². The molecule has 84 valence electrons. The van der Waals surface area contributed by atoms with Crippen molar-refractivity contribution in [3.05, 3.63) is 0 Å². The third-order valence-electron chi connectivity index (χ3n) is 2.00. The number of amides is 1. The highest BCUT2D eigenvalue weighted by atomic mass is 16.4. The maximum atomic E-state index is 11.4. The van der Waals surface area contributed by atoms with Crippen molar-refractivity contribution in [3.63, 3.8) is 0 Å². The predicted octanol–water partition coefficient (Wildman–Crippen LogP) is 1.02. The van der Waals surface area contributed by atoms with Crippen LogP contribution in [0, 0.1) is 18.3 Å². The van der Waals surface area contributed by atoms with Gasteiger partial charge in [-0.25, -0.2) is 0 Å². The summed E-state index contributed by atoms with van der Waals surface area (Å²) in [6.07, 6.45) is 6.06. The van der Waals surface area contributed by atoms with Gasteiger partial charge in [0.25, 0.3) is 0 Å². The Kier molecular flexibility index (Phi) is 6.19. The van der Waals surface area contributed by atoms with Crippen LogP contribution in [0.2, 0.25) is 0 Å². The summed E-state index contributed by atoms with van der Waals surface area (Å²) in [4.78, 5) is 21.7. The van der Waals surface area contributed by atoms with Crippen LogP contribution in [0.25, 0.3) is 0 Å². The van der Waals surface area contributed by atoms with Crippen molar-refractivity contribution in [3.8, 4) is 12.3 Å². The predicted molar refractivity (Wildman–Crippen MR) is 57.1 cm³/mol. The number of nitrogens with one attached hydrogen (secondary N) is 1. The first kappa shape index (κ1) is 13.5. The van der Waals surface area contributed by atoms with E-state index < -0.39 is 5.97 Å². The third kappa shape index (κ3) is 6.55. The van der Waals surface area contributed by atoms with Crippen LogP contribution in [0.3, 0.4) is 0 Å². The van der Waals surface area contributed by atoms with Crippen LogP contribution in [0.15, 0.2) is 0 Å². The van der Waals surface area contributed by atoms with Gasteiger partial charge < -0.3 is 10.4 Å². The Morgan fingerprint density at radius 3 is 2.47 bits per heavy atom. The van der Waals surface area contributed by atoms with Crippen LogP contribution in [-0.4, -0.2) is 23.0 Å². The van der Waals surface area contributed by atoms with Crippen LogP contribution in [0.1, 0.15) is 33.1 Å². The monoisotopic (exact) mass is 211 g/mol. The van der Waals surface area contributed by atoms with Gasteiger partial charge in [-0.1, -0.05) is 19.8 Å². The van der Waals surface area contributed by atoms with E-state index in [1.54, 1.807) is 6.92 Å². The molecule has 0 saturated heterocycles. The molecule has 0 radical (unpaired) electrons. The highest BCUT2D eigenvalue weighted by Gasteiger charge is 2.14. The van der Waals surface area contributed by atoms with Gasteiger partial charge in [0.2, 0.25) is 5.91 Å². The quantitative estimate of drug-likeness (QED) is 0.644. The van der Waals surface area contributed by atoms with Gasteiger partial charge in [0.1, 0.15) is 0 Å². The molecule has 0 aromatic carbocycles. The molecule has 2 atom stereocenters. The molecule has 2 N–H and O–H groups in total. The zero-order valence-corrected chi connectivity index (χ0v) is 9.12. The van der Waals surface area contributed by atoms with E-state index in [9.17, 15) is 9.59 Å². The van der Waals surface area contributed by atoms with E-state index in [4.69, 9.17) is 11.5 Å². The maximum Gasteiger partial charge on any atom is 0.303 e. The number of hydrogen-bond acceptors (Lipinski definition) is 2. The van der Waals surface area contributed by atoms with Crippen molar-refractivity contribution in [2.24, 2.45) is 5.92 Å². The molecule has 15 heavy (non-hydrogen) atoms. The molecule has 4 heteroatoms. The summed E-state index contributed by atoms with van der Waals surface area (Å²) in [5.41, 5.74) is 0. The molecule has 0 rings (SSSR count). The fourth-order valence-electron chi connectivity index (χ4n) is 1.20. The van der Waals surface area contributed by atoms with Gasteiger partial charge in [-0.2, -0.15) is 0 Å². The van der Waals surface area contributed by atoms with Crippen molar-refractivity contribution in [1.82, 2.24) is 5.32 Å². The van der Waals surface area contributed by atoms with Crippen molar-refractivity contribution in [2.75, 3.05) is 0 Å². The lowest BCUT2D eigenvalue weighted by Gasteiger charge is -2.12. The largest absolute Gasteiger partial charge is 0.481 e. The average Bonchev–Trinajstić information content (AvgIpc) is 2.12. The second-order valence-electron chi connectivity index (χ2n) is 3.60. The maximum absolute atomic E-state index is 11.4. The van der Waals surface area contributed by atoms with Gasteiger partial charge in [0.05, 0.1) is 6.04 Å². The van der Waals surface area contributed by atoms with Crippen molar-refractivity contribution >= 4 is 11.9 Å². The zero-order valence-electron chi connectivity index (χ0n) is 9.12. The summed E-state index contributed by atoms with van der Waals surface area (Å²) in [5.74, 6) is 1.20. The number of hydrogen-bond donors (Lipinski definition) is 2. The zero-order chi connectivity index (χ0) is 11.8. The molecule has 0 fully saturated rings. The molecule has 0 aliphatic heterocycles. The van der Waals surface area contributed by atoms with Crippen LogP contribution < -0.4 is 5.32 Å². The number of rotatable bonds is 6. The van der Waals surface area contributed by atoms with E-state index in [1.165, 1.54) is 0 Å². The molecule has 0 spiro atoms. The Labute approximate surface area is 90.1 Å². The molecule has 0 aliphatic carbocycles. The molecule has 2 unspecified atom stereocenters. The summed E-state index contributed by atoms with van der Waals surface area (Å²) in [7, 11) is 0. The summed E-state index contributed by atoms with van der Waals surface area (Å²) < 4.78 is 0. The fraction of sp³-hybridized carbons (Fsp3) is 0.636. The molecule has 0 aromatic heterocycles. The lowest BCUT2D eigenvalue weighted by Crippen LogP contribution is -2.34. The topological polar surface area (TPSA) is 66.4 Å². The number of aliphatic carboxylic acids is 1. The molecule has 1 amide bonds. The number of carboxylic acid groups (broad SMARTS) is 1. The number of carbonyl (C=O) groups excluding carboxylic acids is 1. The molecule has 4 nitrogen and oxygen atoms in total. The van der Waals surface area contributed by atoms with E-state index in [0.717, 1.165) is 0 Å². The second kappa shape index (κ2) is 6.88. The van der Waals surface area contributed by atoms with Gasteiger partial charge in [-0.05, 0) is 12.3 Å². The van der Waals surface area contributed by atoms with Gasteiger partial charge in [0.15, 0.2) is 0 Å². The van der Waals surface area contributed by atoms with Crippen molar-refractivity contribution in [1.29, 1.82) is 0 Å². The summed E-state index contributed by atoms with van der Waals surface area (Å²) in [6, 6.07) is -0.255. The van der Waals surface area contributed by atoms with E-state index >= 15 is 0 Å². The van der Waals surface area contributed by atoms with Crippen LogP contribution in [0.4, 0.5) is 0 Å². The normalized spacial score (nSPS) is 13.7. The molecule has 0 aromatic rings. The van der Waals surface area contributed by atoms with Crippen molar-refractivity contribution in [2.45, 2.75) is 39.2 Å². The Bertz CT molecular complexity index is 267. The Morgan fingerprint density at radius 1 is 1.47 bits per heavy atom. The molecule has 0 bridgehead atoms. The van der Waals surface area contributed by atoms with E-state index in [1.807, 2.05) is 6.92 Å². The lowest BCUT2D eigenvalue weighted by atomic mass is 10.0. The van der Waals surface area contributed by atoms with E-state index in [0.29, 0.717) is 6.42 Å².